The molecule has 0 saturated carbocycles. The summed E-state index contributed by atoms with van der Waals surface area (Å²) in [7, 11) is 1.88. The molecule has 1 heterocycles. The maximum Gasteiger partial charge on any atom is 0.151 e. The van der Waals surface area contributed by atoms with Gasteiger partial charge in [0.1, 0.15) is 0 Å². The van der Waals surface area contributed by atoms with Crippen molar-refractivity contribution >= 4 is 0 Å². The molecule has 1 aromatic heterocycles. The lowest BCUT2D eigenvalue weighted by molar-refractivity contribution is 0.264. The maximum atomic E-state index is 5.26. The van der Waals surface area contributed by atoms with Crippen LogP contribution in [0.3, 0.4) is 0 Å². The second-order valence-electron chi connectivity index (χ2n) is 3.32. The lowest BCUT2D eigenvalue weighted by atomic mass is 10.3. The molecule has 4 nitrogen and oxygen atoms in total. The van der Waals surface area contributed by atoms with Gasteiger partial charge in [0.15, 0.2) is 5.76 Å². The molecule has 15 heavy (non-hydrogen) atoms. The molecule has 0 aromatic carbocycles. The van der Waals surface area contributed by atoms with Crippen LogP contribution < -0.4 is 5.32 Å². The molecule has 1 N–H and O–H groups in total. The van der Waals surface area contributed by atoms with Crippen molar-refractivity contribution in [2.45, 2.75) is 20.0 Å². The highest BCUT2D eigenvalue weighted by Crippen LogP contribution is 2.06. The number of terminal acetylenes is 1. The van der Waals surface area contributed by atoms with Crippen LogP contribution in [-0.4, -0.2) is 30.2 Å². The molecule has 0 aliphatic heterocycles. The minimum Gasteiger partial charge on any atom is -0.360 e. The first-order valence-corrected chi connectivity index (χ1v) is 5.05. The van der Waals surface area contributed by atoms with E-state index in [1.54, 1.807) is 0 Å². The van der Waals surface area contributed by atoms with Gasteiger partial charge in [-0.25, -0.2) is 0 Å². The van der Waals surface area contributed by atoms with E-state index in [4.69, 9.17) is 10.9 Å². The van der Waals surface area contributed by atoms with Gasteiger partial charge in [-0.15, -0.1) is 6.42 Å². The molecular weight excluding hydrogens is 190 g/mol. The number of hydrogen-bond donors (Lipinski definition) is 1. The SMILES string of the molecule is C#CCN(CC)Cc1cc(CNC)no1. The summed E-state index contributed by atoms with van der Waals surface area (Å²) in [6, 6.07) is 1.95. The Balaban J connectivity index is 2.52. The predicted molar refractivity (Wildman–Crippen MR) is 59.1 cm³/mol. The zero-order valence-electron chi connectivity index (χ0n) is 9.29. The molecule has 0 saturated heterocycles. The summed E-state index contributed by atoms with van der Waals surface area (Å²) in [5, 5.41) is 6.96. The first-order valence-electron chi connectivity index (χ1n) is 5.05. The van der Waals surface area contributed by atoms with E-state index in [0.717, 1.165) is 31.1 Å². The van der Waals surface area contributed by atoms with Crippen molar-refractivity contribution in [1.29, 1.82) is 0 Å². The van der Waals surface area contributed by atoms with E-state index in [-0.39, 0.29) is 0 Å². The Morgan fingerprint density at radius 2 is 2.47 bits per heavy atom. The summed E-state index contributed by atoms with van der Waals surface area (Å²) < 4.78 is 5.20. The number of hydrogen-bond acceptors (Lipinski definition) is 4. The summed E-state index contributed by atoms with van der Waals surface area (Å²) in [4.78, 5) is 2.11. The highest BCUT2D eigenvalue weighted by atomic mass is 16.5. The molecule has 0 unspecified atom stereocenters. The van der Waals surface area contributed by atoms with E-state index >= 15 is 0 Å². The Morgan fingerprint density at radius 1 is 1.67 bits per heavy atom. The monoisotopic (exact) mass is 207 g/mol. The molecule has 0 bridgehead atoms. The Labute approximate surface area is 90.6 Å². The highest BCUT2D eigenvalue weighted by molar-refractivity contribution is 5.05. The second kappa shape index (κ2) is 6.23. The van der Waals surface area contributed by atoms with E-state index in [1.807, 2.05) is 13.1 Å². The largest absolute Gasteiger partial charge is 0.360 e. The third-order valence-corrected chi connectivity index (χ3v) is 2.11. The van der Waals surface area contributed by atoms with Gasteiger partial charge in [0.25, 0.3) is 0 Å². The topological polar surface area (TPSA) is 41.3 Å². The number of aromatic nitrogens is 1. The molecule has 0 atom stereocenters. The smallest absolute Gasteiger partial charge is 0.151 e. The van der Waals surface area contributed by atoms with Gasteiger partial charge in [-0.2, -0.15) is 0 Å². The van der Waals surface area contributed by atoms with Gasteiger partial charge >= 0.3 is 0 Å². The molecular formula is C11H17N3O. The Morgan fingerprint density at radius 3 is 3.07 bits per heavy atom. The van der Waals surface area contributed by atoms with Crippen molar-refractivity contribution in [1.82, 2.24) is 15.4 Å². The van der Waals surface area contributed by atoms with Gasteiger partial charge in [0.2, 0.25) is 0 Å². The van der Waals surface area contributed by atoms with E-state index in [1.165, 1.54) is 0 Å². The van der Waals surface area contributed by atoms with Crippen molar-refractivity contribution in [3.05, 3.63) is 17.5 Å². The second-order valence-corrected chi connectivity index (χ2v) is 3.32. The first kappa shape index (κ1) is 11.8. The highest BCUT2D eigenvalue weighted by Gasteiger charge is 2.07. The zero-order valence-corrected chi connectivity index (χ0v) is 9.29. The predicted octanol–water partition coefficient (Wildman–Crippen LogP) is 0.849. The normalized spacial score (nSPS) is 10.5. The third-order valence-electron chi connectivity index (χ3n) is 2.11. The van der Waals surface area contributed by atoms with Gasteiger partial charge < -0.3 is 9.84 Å². The van der Waals surface area contributed by atoms with Gasteiger partial charge in [0.05, 0.1) is 18.8 Å². The molecule has 0 spiro atoms. The zero-order chi connectivity index (χ0) is 11.1. The minimum atomic E-state index is 0.637. The van der Waals surface area contributed by atoms with Crippen LogP contribution in [0.2, 0.25) is 0 Å². The molecule has 4 heteroatoms. The lowest BCUT2D eigenvalue weighted by Crippen LogP contribution is -2.22. The molecule has 0 amide bonds. The summed E-state index contributed by atoms with van der Waals surface area (Å²) in [6.07, 6.45) is 5.26. The van der Waals surface area contributed by atoms with Crippen LogP contribution in [-0.2, 0) is 13.1 Å². The molecule has 0 radical (unpaired) electrons. The van der Waals surface area contributed by atoms with Crippen LogP contribution in [0.4, 0.5) is 0 Å². The van der Waals surface area contributed by atoms with E-state index in [9.17, 15) is 0 Å². The quantitative estimate of drug-likeness (QED) is 0.702. The lowest BCUT2D eigenvalue weighted by Gasteiger charge is -2.14. The maximum absolute atomic E-state index is 5.26. The van der Waals surface area contributed by atoms with Gasteiger partial charge in [0, 0.05) is 12.6 Å². The summed E-state index contributed by atoms with van der Waals surface area (Å²) in [5.41, 5.74) is 0.921. The van der Waals surface area contributed by atoms with Gasteiger partial charge in [-0.1, -0.05) is 18.0 Å². The Hall–Kier alpha value is -1.31. The van der Waals surface area contributed by atoms with E-state index in [0.29, 0.717) is 6.54 Å². The fourth-order valence-corrected chi connectivity index (χ4v) is 1.32. The van der Waals surface area contributed by atoms with Crippen molar-refractivity contribution < 1.29 is 4.52 Å². The molecule has 82 valence electrons. The van der Waals surface area contributed by atoms with Crippen LogP contribution in [0, 0.1) is 12.3 Å². The van der Waals surface area contributed by atoms with Crippen LogP contribution in [0.25, 0.3) is 0 Å². The van der Waals surface area contributed by atoms with Crippen LogP contribution >= 0.6 is 0 Å². The van der Waals surface area contributed by atoms with Crippen molar-refractivity contribution in [3.63, 3.8) is 0 Å². The van der Waals surface area contributed by atoms with Crippen molar-refractivity contribution in [2.24, 2.45) is 0 Å². The average Bonchev–Trinajstić information content (AvgIpc) is 2.66. The number of nitrogens with zero attached hydrogens (tertiary/aromatic N) is 2. The molecule has 0 fully saturated rings. The van der Waals surface area contributed by atoms with Crippen LogP contribution in [0.5, 0.6) is 0 Å². The Kier molecular flexibility index (Phi) is 4.88. The number of nitrogens with one attached hydrogen (secondary N) is 1. The fraction of sp³-hybridized carbons (Fsp3) is 0.545. The summed E-state index contributed by atoms with van der Waals surface area (Å²) in [6.45, 7) is 5.06. The molecule has 1 rings (SSSR count). The molecule has 0 aliphatic carbocycles. The fourth-order valence-electron chi connectivity index (χ4n) is 1.32. The first-order chi connectivity index (χ1) is 7.30. The van der Waals surface area contributed by atoms with Crippen molar-refractivity contribution in [3.8, 4) is 12.3 Å². The van der Waals surface area contributed by atoms with Gasteiger partial charge in [-0.05, 0) is 13.6 Å². The van der Waals surface area contributed by atoms with Gasteiger partial charge in [-0.3, -0.25) is 4.90 Å². The average molecular weight is 207 g/mol. The summed E-state index contributed by atoms with van der Waals surface area (Å²) in [5.74, 6) is 3.48. The van der Waals surface area contributed by atoms with Crippen molar-refractivity contribution in [2.75, 3.05) is 20.1 Å². The molecule has 0 aliphatic rings. The molecule has 1 aromatic rings. The van der Waals surface area contributed by atoms with Crippen LogP contribution in [0.1, 0.15) is 18.4 Å². The summed E-state index contributed by atoms with van der Waals surface area (Å²) >= 11 is 0. The minimum absolute atomic E-state index is 0.637. The number of rotatable bonds is 6. The third kappa shape index (κ3) is 3.74. The van der Waals surface area contributed by atoms with Crippen LogP contribution in [0.15, 0.2) is 10.6 Å². The Bertz CT molecular complexity index is 327. The van der Waals surface area contributed by atoms with E-state index < -0.39 is 0 Å². The standard InChI is InChI=1S/C11H17N3O/c1-4-6-14(5-2)9-11-7-10(8-12-3)13-15-11/h1,7,12H,5-6,8-9H2,2-3H3. The van der Waals surface area contributed by atoms with E-state index in [2.05, 4.69) is 28.2 Å².